The molecule has 0 radical (unpaired) electrons. The Kier molecular flexibility index (Phi) is 6.59. The zero-order valence-corrected chi connectivity index (χ0v) is 17.0. The predicted molar refractivity (Wildman–Crippen MR) is 108 cm³/mol. The number of H-pyrrole nitrogens is 1. The van der Waals surface area contributed by atoms with Gasteiger partial charge in [-0.3, -0.25) is 10.1 Å². The van der Waals surface area contributed by atoms with Crippen molar-refractivity contribution in [2.24, 2.45) is 5.92 Å². The summed E-state index contributed by atoms with van der Waals surface area (Å²) in [6.45, 7) is 7.21. The Bertz CT molecular complexity index is 771. The molecular weight excluding hydrogens is 356 g/mol. The Morgan fingerprint density at radius 2 is 2.00 bits per heavy atom. The Balaban J connectivity index is 1.90. The van der Waals surface area contributed by atoms with Gasteiger partial charge in [0.05, 0.1) is 4.92 Å². The molecule has 28 heavy (non-hydrogen) atoms. The Morgan fingerprint density at radius 1 is 1.25 bits per heavy atom. The maximum Gasteiger partial charge on any atom is 0.292 e. The first-order valence-electron chi connectivity index (χ1n) is 10.2. The Labute approximate surface area is 165 Å². The molecule has 1 aliphatic carbocycles. The number of nitro benzene ring substituents is 1. The lowest BCUT2D eigenvalue weighted by Gasteiger charge is -2.37. The van der Waals surface area contributed by atoms with Crippen LogP contribution in [0.15, 0.2) is 18.2 Å². The highest BCUT2D eigenvalue weighted by molar-refractivity contribution is 5.65. The van der Waals surface area contributed by atoms with Crippen LogP contribution >= 0.6 is 0 Å². The zero-order valence-electron chi connectivity index (χ0n) is 17.0. The summed E-state index contributed by atoms with van der Waals surface area (Å²) in [6.07, 6.45) is 6.48. The summed E-state index contributed by atoms with van der Waals surface area (Å²) in [7, 11) is 0. The maximum atomic E-state index is 11.9. The van der Waals surface area contributed by atoms with Crippen LogP contribution in [0, 0.1) is 16.0 Å². The fourth-order valence-electron chi connectivity index (χ4n) is 4.13. The minimum Gasteiger partial charge on any atom is -0.363 e. The highest BCUT2D eigenvalue weighted by Gasteiger charge is 2.28. The third kappa shape index (κ3) is 4.85. The average molecular weight is 387 g/mol. The summed E-state index contributed by atoms with van der Waals surface area (Å²) in [5, 5.41) is 25.9. The average Bonchev–Trinajstić information content (AvgIpc) is 3.19. The van der Waals surface area contributed by atoms with Crippen molar-refractivity contribution in [2.75, 3.05) is 11.4 Å². The summed E-state index contributed by atoms with van der Waals surface area (Å²) < 4.78 is 0. The van der Waals surface area contributed by atoms with Gasteiger partial charge in [0.1, 0.15) is 5.69 Å². The summed E-state index contributed by atoms with van der Waals surface area (Å²) in [6, 6.07) is 6.08. The van der Waals surface area contributed by atoms with E-state index < -0.39 is 0 Å². The first-order chi connectivity index (χ1) is 13.5. The van der Waals surface area contributed by atoms with Gasteiger partial charge in [0.25, 0.3) is 5.69 Å². The third-order valence-electron chi connectivity index (χ3n) is 5.53. The van der Waals surface area contributed by atoms with Crippen molar-refractivity contribution in [1.82, 2.24) is 20.6 Å². The van der Waals surface area contributed by atoms with Crippen LogP contribution in [0.5, 0.6) is 0 Å². The van der Waals surface area contributed by atoms with E-state index in [0.717, 1.165) is 30.6 Å². The first kappa shape index (κ1) is 20.2. The molecule has 0 unspecified atom stereocenters. The molecule has 152 valence electrons. The topological polar surface area (TPSA) is 101 Å². The molecule has 1 aliphatic rings. The second-order valence-electron chi connectivity index (χ2n) is 8.28. The molecule has 0 saturated heterocycles. The lowest BCUT2D eigenvalue weighted by Crippen LogP contribution is -2.39. The van der Waals surface area contributed by atoms with E-state index in [2.05, 4.69) is 39.4 Å². The molecule has 0 aliphatic heterocycles. The van der Waals surface area contributed by atoms with Crippen molar-refractivity contribution in [1.29, 1.82) is 0 Å². The molecule has 1 N–H and O–H groups in total. The van der Waals surface area contributed by atoms with Gasteiger partial charge < -0.3 is 4.90 Å². The first-order valence-corrected chi connectivity index (χ1v) is 10.2. The van der Waals surface area contributed by atoms with E-state index in [-0.39, 0.29) is 16.5 Å². The summed E-state index contributed by atoms with van der Waals surface area (Å²) in [5.74, 6) is 1.12. The summed E-state index contributed by atoms with van der Waals surface area (Å²) in [4.78, 5) is 14.0. The number of aromatic amines is 1. The molecule has 2 aromatic rings. The normalized spacial score (nSPS) is 16.3. The highest BCUT2D eigenvalue weighted by atomic mass is 16.6. The smallest absolute Gasteiger partial charge is 0.292 e. The van der Waals surface area contributed by atoms with Crippen LogP contribution in [-0.2, 0) is 6.42 Å². The highest BCUT2D eigenvalue weighted by Crippen LogP contribution is 2.36. The van der Waals surface area contributed by atoms with Gasteiger partial charge >= 0.3 is 0 Å². The zero-order chi connectivity index (χ0) is 20.1. The van der Waals surface area contributed by atoms with Crippen LogP contribution in [0.3, 0.4) is 0 Å². The summed E-state index contributed by atoms with van der Waals surface area (Å²) in [5.41, 5.74) is 1.87. The largest absolute Gasteiger partial charge is 0.363 e. The fourth-order valence-corrected chi connectivity index (χ4v) is 4.13. The van der Waals surface area contributed by atoms with Gasteiger partial charge in [-0.25, -0.2) is 0 Å². The number of nitrogens with one attached hydrogen (secondary N) is 1. The Hall–Kier alpha value is -2.51. The monoisotopic (exact) mass is 386 g/mol. The number of hydrogen-bond acceptors (Lipinski definition) is 6. The van der Waals surface area contributed by atoms with Gasteiger partial charge in [-0.15, -0.1) is 10.2 Å². The molecule has 1 heterocycles. The van der Waals surface area contributed by atoms with E-state index in [0.29, 0.717) is 24.2 Å². The van der Waals surface area contributed by atoms with Gasteiger partial charge in [0, 0.05) is 25.1 Å². The molecule has 3 rings (SSSR count). The van der Waals surface area contributed by atoms with Crippen LogP contribution in [0.4, 0.5) is 11.4 Å². The van der Waals surface area contributed by atoms with Gasteiger partial charge in [0.2, 0.25) is 0 Å². The van der Waals surface area contributed by atoms with Gasteiger partial charge in [-0.2, -0.15) is 5.21 Å². The van der Waals surface area contributed by atoms with Gasteiger partial charge in [-0.05, 0) is 36.3 Å². The second kappa shape index (κ2) is 9.12. The fraction of sp³-hybridized carbons (Fsp3) is 0.650. The number of tetrazole rings is 1. The minimum atomic E-state index is -0.240. The summed E-state index contributed by atoms with van der Waals surface area (Å²) >= 11 is 0. The van der Waals surface area contributed by atoms with Crippen molar-refractivity contribution in [3.05, 3.63) is 39.7 Å². The van der Waals surface area contributed by atoms with Crippen molar-refractivity contribution in [3.8, 4) is 0 Å². The molecule has 1 fully saturated rings. The second-order valence-corrected chi connectivity index (χ2v) is 8.28. The van der Waals surface area contributed by atoms with Crippen molar-refractivity contribution in [3.63, 3.8) is 0 Å². The van der Waals surface area contributed by atoms with Crippen LogP contribution < -0.4 is 4.90 Å². The number of anilines is 1. The number of aromatic nitrogens is 4. The molecule has 0 bridgehead atoms. The quantitative estimate of drug-likeness (QED) is 0.538. The van der Waals surface area contributed by atoms with Crippen LogP contribution in [0.2, 0.25) is 0 Å². The van der Waals surface area contributed by atoms with Gasteiger partial charge in [-0.1, -0.05) is 51.3 Å². The molecule has 1 saturated carbocycles. The predicted octanol–water partition coefficient (Wildman–Crippen LogP) is 4.25. The lowest BCUT2D eigenvalue weighted by molar-refractivity contribution is -0.384. The molecule has 1 aromatic heterocycles. The van der Waals surface area contributed by atoms with E-state index >= 15 is 0 Å². The van der Waals surface area contributed by atoms with E-state index in [1.165, 1.54) is 19.3 Å². The van der Waals surface area contributed by atoms with Crippen molar-refractivity contribution < 1.29 is 4.92 Å². The number of rotatable bonds is 8. The molecule has 8 nitrogen and oxygen atoms in total. The van der Waals surface area contributed by atoms with Gasteiger partial charge in [0.15, 0.2) is 5.82 Å². The van der Waals surface area contributed by atoms with E-state index in [4.69, 9.17) is 0 Å². The Morgan fingerprint density at radius 3 is 2.61 bits per heavy atom. The van der Waals surface area contributed by atoms with Crippen molar-refractivity contribution in [2.45, 2.75) is 71.3 Å². The molecule has 8 heteroatoms. The van der Waals surface area contributed by atoms with E-state index in [1.54, 1.807) is 6.07 Å². The molecule has 1 atom stereocenters. The van der Waals surface area contributed by atoms with Crippen LogP contribution in [0.25, 0.3) is 0 Å². The lowest BCUT2D eigenvalue weighted by atomic mass is 9.92. The third-order valence-corrected chi connectivity index (χ3v) is 5.53. The molecular formula is C20H30N6O2. The number of nitrogens with zero attached hydrogens (tertiary/aromatic N) is 5. The van der Waals surface area contributed by atoms with Crippen LogP contribution in [0.1, 0.15) is 70.2 Å². The van der Waals surface area contributed by atoms with Crippen molar-refractivity contribution >= 4 is 11.4 Å². The minimum absolute atomic E-state index is 0.0681. The number of benzene rings is 1. The maximum absolute atomic E-state index is 11.9. The van der Waals surface area contributed by atoms with E-state index in [9.17, 15) is 10.1 Å². The number of hydrogen-bond donors (Lipinski definition) is 1. The standard InChI is InChI=1S/C20H30N6O2/c1-14(2)13-25(17-7-5-4-6-8-17)18-10-9-16(12-19(18)26(27)28)15(3)11-20-21-23-24-22-20/h9-10,12,14-15,17H,4-8,11,13H2,1-3H3,(H,21,22,23,24)/t15-/m1/s1. The molecule has 0 amide bonds. The van der Waals surface area contributed by atoms with Crippen LogP contribution in [-0.4, -0.2) is 38.1 Å². The molecule has 0 spiro atoms. The van der Waals surface area contributed by atoms with E-state index in [1.807, 2.05) is 19.1 Å². The molecule has 1 aromatic carbocycles. The SMILES string of the molecule is CC(C)CN(c1ccc([C@H](C)Cc2nn[nH]n2)cc1[N+](=O)[O-])C1CCCCC1. The number of nitro groups is 1.